The van der Waals surface area contributed by atoms with E-state index in [4.69, 9.17) is 5.84 Å². The number of halogens is 1. The van der Waals surface area contributed by atoms with Crippen molar-refractivity contribution in [1.82, 2.24) is 5.43 Å². The SMILES string of the molecule is Cc1ccc(C)c(C(CSc2ccccc2Br)NN)c1. The molecule has 20 heavy (non-hydrogen) atoms. The number of hydrogen-bond donors (Lipinski definition) is 2. The fourth-order valence-corrected chi connectivity index (χ4v) is 3.73. The summed E-state index contributed by atoms with van der Waals surface area (Å²) >= 11 is 5.38. The van der Waals surface area contributed by atoms with Gasteiger partial charge in [0, 0.05) is 15.1 Å². The molecule has 0 amide bonds. The molecule has 0 fully saturated rings. The Bertz CT molecular complexity index is 586. The van der Waals surface area contributed by atoms with Crippen LogP contribution in [-0.4, -0.2) is 5.75 Å². The van der Waals surface area contributed by atoms with Crippen molar-refractivity contribution >= 4 is 27.7 Å². The quantitative estimate of drug-likeness (QED) is 0.477. The summed E-state index contributed by atoms with van der Waals surface area (Å²) in [6, 6.07) is 14.9. The Morgan fingerprint density at radius 3 is 2.65 bits per heavy atom. The summed E-state index contributed by atoms with van der Waals surface area (Å²) in [6.45, 7) is 4.24. The molecule has 2 nitrogen and oxygen atoms in total. The molecule has 2 rings (SSSR count). The first-order valence-electron chi connectivity index (χ1n) is 6.52. The second-order valence-electron chi connectivity index (χ2n) is 4.82. The first-order chi connectivity index (χ1) is 9.61. The molecule has 3 N–H and O–H groups in total. The number of rotatable bonds is 5. The van der Waals surface area contributed by atoms with Crippen LogP contribution in [0.5, 0.6) is 0 Å². The highest BCUT2D eigenvalue weighted by Crippen LogP contribution is 2.31. The molecule has 0 aliphatic carbocycles. The molecule has 0 radical (unpaired) electrons. The first kappa shape index (κ1) is 15.6. The lowest BCUT2D eigenvalue weighted by molar-refractivity contribution is 0.607. The number of benzene rings is 2. The highest BCUT2D eigenvalue weighted by Gasteiger charge is 2.13. The van der Waals surface area contributed by atoms with Crippen molar-refractivity contribution in [2.45, 2.75) is 24.8 Å². The van der Waals surface area contributed by atoms with E-state index in [0.29, 0.717) is 0 Å². The van der Waals surface area contributed by atoms with Crippen molar-refractivity contribution in [3.63, 3.8) is 0 Å². The number of nitrogens with one attached hydrogen (secondary N) is 1. The third kappa shape index (κ3) is 3.85. The number of aryl methyl sites for hydroxylation is 2. The molecule has 0 aliphatic heterocycles. The summed E-state index contributed by atoms with van der Waals surface area (Å²) in [4.78, 5) is 1.23. The fraction of sp³-hybridized carbons (Fsp3) is 0.250. The maximum Gasteiger partial charge on any atom is 0.0556 e. The van der Waals surface area contributed by atoms with Crippen molar-refractivity contribution in [3.8, 4) is 0 Å². The van der Waals surface area contributed by atoms with Gasteiger partial charge in [-0.3, -0.25) is 11.3 Å². The van der Waals surface area contributed by atoms with Crippen molar-refractivity contribution < 1.29 is 0 Å². The van der Waals surface area contributed by atoms with Crippen LogP contribution < -0.4 is 11.3 Å². The molecule has 1 atom stereocenters. The summed E-state index contributed by atoms with van der Waals surface area (Å²) < 4.78 is 1.13. The minimum Gasteiger partial charge on any atom is -0.271 e. The second kappa shape index (κ2) is 7.27. The molecule has 0 bridgehead atoms. The highest BCUT2D eigenvalue weighted by molar-refractivity contribution is 9.10. The van der Waals surface area contributed by atoms with Crippen LogP contribution in [0, 0.1) is 13.8 Å². The van der Waals surface area contributed by atoms with Gasteiger partial charge in [-0.25, -0.2) is 0 Å². The average molecular weight is 351 g/mol. The number of hydrazine groups is 1. The Labute approximate surface area is 133 Å². The van der Waals surface area contributed by atoms with Crippen molar-refractivity contribution in [2.75, 3.05) is 5.75 Å². The largest absolute Gasteiger partial charge is 0.271 e. The van der Waals surface area contributed by atoms with E-state index in [-0.39, 0.29) is 6.04 Å². The Balaban J connectivity index is 2.13. The van der Waals surface area contributed by atoms with Crippen LogP contribution in [0.15, 0.2) is 51.8 Å². The summed E-state index contributed by atoms with van der Waals surface area (Å²) in [7, 11) is 0. The fourth-order valence-electron chi connectivity index (χ4n) is 2.10. The van der Waals surface area contributed by atoms with Gasteiger partial charge in [0.2, 0.25) is 0 Å². The maximum absolute atomic E-state index is 5.75. The molecule has 0 saturated carbocycles. The maximum atomic E-state index is 5.75. The van der Waals surface area contributed by atoms with E-state index in [0.717, 1.165) is 10.2 Å². The van der Waals surface area contributed by atoms with E-state index in [1.807, 2.05) is 6.07 Å². The molecule has 1 unspecified atom stereocenters. The molecule has 106 valence electrons. The minimum atomic E-state index is 0.145. The van der Waals surface area contributed by atoms with Crippen LogP contribution in [0.2, 0.25) is 0 Å². The standard InChI is InChI=1S/C16H19BrN2S/c1-11-7-8-12(2)13(9-11)15(19-18)10-20-16-6-4-3-5-14(16)17/h3-9,15,19H,10,18H2,1-2H3. The van der Waals surface area contributed by atoms with E-state index >= 15 is 0 Å². The molecule has 2 aromatic rings. The van der Waals surface area contributed by atoms with Crippen LogP contribution in [-0.2, 0) is 0 Å². The van der Waals surface area contributed by atoms with E-state index in [9.17, 15) is 0 Å². The first-order valence-corrected chi connectivity index (χ1v) is 8.30. The number of thioether (sulfide) groups is 1. The van der Waals surface area contributed by atoms with Crippen LogP contribution >= 0.6 is 27.7 Å². The van der Waals surface area contributed by atoms with E-state index in [1.54, 1.807) is 11.8 Å². The monoisotopic (exact) mass is 350 g/mol. The lowest BCUT2D eigenvalue weighted by Crippen LogP contribution is -2.30. The zero-order valence-corrected chi connectivity index (χ0v) is 14.1. The Morgan fingerprint density at radius 1 is 1.20 bits per heavy atom. The summed E-state index contributed by atoms with van der Waals surface area (Å²) in [5.74, 6) is 6.64. The van der Waals surface area contributed by atoms with Gasteiger partial charge in [0.25, 0.3) is 0 Å². The van der Waals surface area contributed by atoms with Crippen LogP contribution in [0.1, 0.15) is 22.7 Å². The average Bonchev–Trinajstić information content (AvgIpc) is 2.45. The van der Waals surface area contributed by atoms with Crippen LogP contribution in [0.25, 0.3) is 0 Å². The Kier molecular flexibility index (Phi) is 5.66. The normalized spacial score (nSPS) is 12.4. The number of hydrogen-bond acceptors (Lipinski definition) is 3. The van der Waals surface area contributed by atoms with Gasteiger partial charge in [0.15, 0.2) is 0 Å². The summed E-state index contributed by atoms with van der Waals surface area (Å²) in [5, 5.41) is 0. The van der Waals surface area contributed by atoms with Crippen molar-refractivity contribution in [3.05, 3.63) is 63.6 Å². The van der Waals surface area contributed by atoms with Gasteiger partial charge in [-0.15, -0.1) is 11.8 Å². The van der Waals surface area contributed by atoms with Crippen LogP contribution in [0.3, 0.4) is 0 Å². The van der Waals surface area contributed by atoms with E-state index < -0.39 is 0 Å². The summed E-state index contributed by atoms with van der Waals surface area (Å²) in [6.07, 6.45) is 0. The van der Waals surface area contributed by atoms with Gasteiger partial charge in [-0.05, 0) is 53.0 Å². The van der Waals surface area contributed by atoms with Crippen LogP contribution in [0.4, 0.5) is 0 Å². The lowest BCUT2D eigenvalue weighted by atomic mass is 10.0. The molecule has 0 saturated heterocycles. The third-order valence-corrected chi connectivity index (χ3v) is 5.37. The molecule has 2 aromatic carbocycles. The number of nitrogens with two attached hydrogens (primary N) is 1. The van der Waals surface area contributed by atoms with Gasteiger partial charge in [-0.1, -0.05) is 35.9 Å². The molecular weight excluding hydrogens is 332 g/mol. The van der Waals surface area contributed by atoms with Gasteiger partial charge in [0.1, 0.15) is 0 Å². The van der Waals surface area contributed by atoms with Gasteiger partial charge >= 0.3 is 0 Å². The molecule has 0 aromatic heterocycles. The zero-order valence-electron chi connectivity index (χ0n) is 11.7. The molecular formula is C16H19BrN2S. The molecule has 4 heteroatoms. The van der Waals surface area contributed by atoms with E-state index in [1.165, 1.54) is 21.6 Å². The third-order valence-electron chi connectivity index (χ3n) is 3.25. The topological polar surface area (TPSA) is 38.0 Å². The second-order valence-corrected chi connectivity index (χ2v) is 6.74. The smallest absolute Gasteiger partial charge is 0.0556 e. The van der Waals surface area contributed by atoms with Gasteiger partial charge in [0.05, 0.1) is 6.04 Å². The molecule has 0 heterocycles. The van der Waals surface area contributed by atoms with E-state index in [2.05, 4.69) is 71.6 Å². The highest BCUT2D eigenvalue weighted by atomic mass is 79.9. The Hall–Kier alpha value is -0.810. The predicted octanol–water partition coefficient (Wildman–Crippen LogP) is 4.36. The van der Waals surface area contributed by atoms with Crippen molar-refractivity contribution in [1.29, 1.82) is 0 Å². The van der Waals surface area contributed by atoms with Crippen molar-refractivity contribution in [2.24, 2.45) is 5.84 Å². The predicted molar refractivity (Wildman–Crippen MR) is 90.8 cm³/mol. The zero-order chi connectivity index (χ0) is 14.5. The van der Waals surface area contributed by atoms with Gasteiger partial charge < -0.3 is 0 Å². The Morgan fingerprint density at radius 2 is 1.95 bits per heavy atom. The molecule has 0 aliphatic rings. The lowest BCUT2D eigenvalue weighted by Gasteiger charge is -2.19. The van der Waals surface area contributed by atoms with Gasteiger partial charge in [-0.2, -0.15) is 0 Å². The molecule has 0 spiro atoms. The minimum absolute atomic E-state index is 0.145. The summed E-state index contributed by atoms with van der Waals surface area (Å²) in [5.41, 5.74) is 6.74.